The number of methoxy groups -OCH3 is 1. The minimum absolute atomic E-state index is 0.115. The molecular weight excluding hydrogens is 368 g/mol. The molecule has 0 heterocycles. The molecule has 1 unspecified atom stereocenters. The quantitative estimate of drug-likeness (QED) is 0.638. The molecule has 0 saturated heterocycles. The van der Waals surface area contributed by atoms with Crippen LogP contribution in [0.4, 0.5) is 0 Å². The Morgan fingerprint density at radius 2 is 1.59 bits per heavy atom. The number of hydrogen-bond donors (Lipinski definition) is 2. The average Bonchev–Trinajstić information content (AvgIpc) is 2.71. The van der Waals surface area contributed by atoms with Gasteiger partial charge in [0.15, 0.2) is 0 Å². The maximum Gasteiger partial charge on any atom is 0.244 e. The molecule has 154 valence electrons. The molecule has 1 atom stereocenters. The van der Waals surface area contributed by atoms with Gasteiger partial charge in [-0.2, -0.15) is 0 Å². The summed E-state index contributed by atoms with van der Waals surface area (Å²) in [6.45, 7) is 5.96. The number of benzene rings is 2. The van der Waals surface area contributed by atoms with Crippen LogP contribution in [0.2, 0.25) is 0 Å². The third-order valence-corrected chi connectivity index (χ3v) is 4.06. The van der Waals surface area contributed by atoms with Crippen molar-refractivity contribution in [3.05, 3.63) is 65.7 Å². The summed E-state index contributed by atoms with van der Waals surface area (Å²) in [5.41, 5.74) is 1.82. The topological polar surface area (TPSA) is 76.7 Å². The van der Waals surface area contributed by atoms with Gasteiger partial charge in [-0.3, -0.25) is 9.59 Å². The monoisotopic (exact) mass is 396 g/mol. The molecule has 0 radical (unpaired) electrons. The molecule has 0 aliphatic rings. The Hall–Kier alpha value is -3.28. The van der Waals surface area contributed by atoms with E-state index in [1.54, 1.807) is 20.1 Å². The molecule has 29 heavy (non-hydrogen) atoms. The van der Waals surface area contributed by atoms with E-state index < -0.39 is 6.04 Å². The van der Waals surface area contributed by atoms with Gasteiger partial charge in [0.1, 0.15) is 17.5 Å². The van der Waals surface area contributed by atoms with E-state index in [9.17, 15) is 9.59 Å². The van der Waals surface area contributed by atoms with E-state index >= 15 is 0 Å². The lowest BCUT2D eigenvalue weighted by Gasteiger charge is -2.14. The molecule has 0 aromatic heterocycles. The maximum atomic E-state index is 12.2. The average molecular weight is 396 g/mol. The predicted octanol–water partition coefficient (Wildman–Crippen LogP) is 3.32. The highest BCUT2D eigenvalue weighted by atomic mass is 16.5. The van der Waals surface area contributed by atoms with Crippen LogP contribution in [0.25, 0.3) is 6.08 Å². The molecule has 0 spiro atoms. The lowest BCUT2D eigenvalue weighted by Crippen LogP contribution is -2.44. The minimum atomic E-state index is -0.647. The van der Waals surface area contributed by atoms with Crippen LogP contribution in [0.1, 0.15) is 31.9 Å². The van der Waals surface area contributed by atoms with Gasteiger partial charge in [0, 0.05) is 12.6 Å². The fourth-order valence-corrected chi connectivity index (χ4v) is 2.51. The molecule has 0 fully saturated rings. The van der Waals surface area contributed by atoms with Crippen LogP contribution in [0.3, 0.4) is 0 Å². The third-order valence-electron chi connectivity index (χ3n) is 4.06. The summed E-state index contributed by atoms with van der Waals surface area (Å²) >= 11 is 0. The largest absolute Gasteiger partial charge is 0.497 e. The van der Waals surface area contributed by atoms with Crippen molar-refractivity contribution in [3.63, 3.8) is 0 Å². The number of hydrogen-bond acceptors (Lipinski definition) is 4. The van der Waals surface area contributed by atoms with Crippen LogP contribution < -0.4 is 20.1 Å². The van der Waals surface area contributed by atoms with E-state index in [0.29, 0.717) is 6.54 Å². The molecule has 2 aromatic rings. The van der Waals surface area contributed by atoms with E-state index in [1.807, 2.05) is 62.4 Å². The van der Waals surface area contributed by atoms with Crippen molar-refractivity contribution >= 4 is 17.9 Å². The van der Waals surface area contributed by atoms with Gasteiger partial charge in [0.25, 0.3) is 0 Å². The van der Waals surface area contributed by atoms with Crippen molar-refractivity contribution in [2.45, 2.75) is 39.5 Å². The summed E-state index contributed by atoms with van der Waals surface area (Å²) in [5.74, 6) is 0.954. The number of carbonyl (C=O) groups is 2. The second-order valence-electron chi connectivity index (χ2n) is 6.87. The normalized spacial score (nSPS) is 11.9. The molecular formula is C23H28N2O4. The summed E-state index contributed by atoms with van der Waals surface area (Å²) in [4.78, 5) is 24.3. The van der Waals surface area contributed by atoms with Crippen LogP contribution in [0.15, 0.2) is 54.6 Å². The van der Waals surface area contributed by atoms with E-state index in [4.69, 9.17) is 9.47 Å². The van der Waals surface area contributed by atoms with Crippen LogP contribution in [0, 0.1) is 0 Å². The Labute approximate surface area is 171 Å². The third kappa shape index (κ3) is 7.70. The first-order valence-electron chi connectivity index (χ1n) is 9.53. The second kappa shape index (κ2) is 10.9. The zero-order valence-corrected chi connectivity index (χ0v) is 17.3. The minimum Gasteiger partial charge on any atom is -0.497 e. The molecule has 0 saturated carbocycles. The molecule has 0 aliphatic carbocycles. The van der Waals surface area contributed by atoms with Crippen LogP contribution >= 0.6 is 0 Å². The number of nitrogens with one attached hydrogen (secondary N) is 2. The van der Waals surface area contributed by atoms with Gasteiger partial charge >= 0.3 is 0 Å². The van der Waals surface area contributed by atoms with Crippen molar-refractivity contribution in [2.24, 2.45) is 0 Å². The van der Waals surface area contributed by atoms with Crippen LogP contribution in [-0.2, 0) is 16.1 Å². The lowest BCUT2D eigenvalue weighted by atomic mass is 10.2. The first-order chi connectivity index (χ1) is 13.9. The Morgan fingerprint density at radius 1 is 0.966 bits per heavy atom. The zero-order chi connectivity index (χ0) is 21.2. The highest BCUT2D eigenvalue weighted by Crippen LogP contribution is 2.14. The molecule has 6 heteroatoms. The number of carbonyl (C=O) groups excluding carboxylic acids is 2. The van der Waals surface area contributed by atoms with E-state index in [0.717, 1.165) is 22.6 Å². The van der Waals surface area contributed by atoms with Crippen LogP contribution in [0.5, 0.6) is 11.5 Å². The predicted molar refractivity (Wildman–Crippen MR) is 114 cm³/mol. The molecule has 2 N–H and O–H groups in total. The second-order valence-corrected chi connectivity index (χ2v) is 6.87. The maximum absolute atomic E-state index is 12.2. The fourth-order valence-electron chi connectivity index (χ4n) is 2.51. The summed E-state index contributed by atoms with van der Waals surface area (Å²) in [6.07, 6.45) is 3.20. The van der Waals surface area contributed by atoms with E-state index in [-0.39, 0.29) is 17.9 Å². The van der Waals surface area contributed by atoms with Crippen LogP contribution in [-0.4, -0.2) is 31.1 Å². The summed E-state index contributed by atoms with van der Waals surface area (Å²) in [5, 5.41) is 5.48. The van der Waals surface area contributed by atoms with Crippen molar-refractivity contribution in [1.29, 1.82) is 0 Å². The van der Waals surface area contributed by atoms with Crippen molar-refractivity contribution in [2.75, 3.05) is 7.11 Å². The Morgan fingerprint density at radius 3 is 2.17 bits per heavy atom. The van der Waals surface area contributed by atoms with E-state index in [2.05, 4.69) is 10.6 Å². The van der Waals surface area contributed by atoms with Gasteiger partial charge in [-0.25, -0.2) is 0 Å². The van der Waals surface area contributed by atoms with Crippen molar-refractivity contribution < 1.29 is 19.1 Å². The number of ether oxygens (including phenoxy) is 2. The van der Waals surface area contributed by atoms with Gasteiger partial charge in [0.2, 0.25) is 11.8 Å². The molecule has 2 rings (SSSR count). The SMILES string of the molecule is COc1ccc(/C=C/C(=O)NC(C)C(=O)NCc2ccc(OC(C)C)cc2)cc1. The standard InChI is InChI=1S/C23H28N2O4/c1-16(2)29-21-12-7-19(8-13-21)15-24-23(27)17(3)25-22(26)14-9-18-5-10-20(28-4)11-6-18/h5-14,16-17H,15H2,1-4H3,(H,24,27)(H,25,26)/b14-9+. The fraction of sp³-hybridized carbons (Fsp3) is 0.304. The van der Waals surface area contributed by atoms with Gasteiger partial charge in [0.05, 0.1) is 13.2 Å². The van der Waals surface area contributed by atoms with E-state index in [1.165, 1.54) is 6.08 Å². The Kier molecular flexibility index (Phi) is 8.27. The lowest BCUT2D eigenvalue weighted by molar-refractivity contribution is -0.126. The van der Waals surface area contributed by atoms with Crippen molar-refractivity contribution in [1.82, 2.24) is 10.6 Å². The first kappa shape index (κ1) is 22.0. The Balaban J connectivity index is 1.78. The summed E-state index contributed by atoms with van der Waals surface area (Å²) < 4.78 is 10.7. The zero-order valence-electron chi connectivity index (χ0n) is 17.3. The summed E-state index contributed by atoms with van der Waals surface area (Å²) in [6, 6.07) is 14.2. The first-order valence-corrected chi connectivity index (χ1v) is 9.53. The van der Waals surface area contributed by atoms with Gasteiger partial charge < -0.3 is 20.1 Å². The molecule has 2 aromatic carbocycles. The highest BCUT2D eigenvalue weighted by Gasteiger charge is 2.13. The smallest absolute Gasteiger partial charge is 0.244 e. The van der Waals surface area contributed by atoms with Gasteiger partial charge in [-0.1, -0.05) is 24.3 Å². The molecule has 0 bridgehead atoms. The van der Waals surface area contributed by atoms with Gasteiger partial charge in [-0.15, -0.1) is 0 Å². The summed E-state index contributed by atoms with van der Waals surface area (Å²) in [7, 11) is 1.60. The molecule has 2 amide bonds. The number of rotatable bonds is 9. The van der Waals surface area contributed by atoms with Gasteiger partial charge in [-0.05, 0) is 62.2 Å². The highest BCUT2D eigenvalue weighted by molar-refractivity contribution is 5.95. The molecule has 6 nitrogen and oxygen atoms in total. The number of amides is 2. The van der Waals surface area contributed by atoms with Crippen molar-refractivity contribution in [3.8, 4) is 11.5 Å². The molecule has 0 aliphatic heterocycles. The Bertz CT molecular complexity index is 827.